The molecule has 3 rings (SSSR count). The minimum Gasteiger partial charge on any atom is -0.423 e. The molecule has 0 radical (unpaired) electrons. The number of hydrogen-bond donors (Lipinski definition) is 2. The van der Waals surface area contributed by atoms with Gasteiger partial charge >= 0.3 is 7.12 Å². The molecule has 120 valence electrons. The molecule has 1 aromatic rings. The van der Waals surface area contributed by atoms with Crippen LogP contribution < -0.4 is 5.46 Å². The summed E-state index contributed by atoms with van der Waals surface area (Å²) in [5, 5.41) is 18.4. The second-order valence-electron chi connectivity index (χ2n) is 5.37. The van der Waals surface area contributed by atoms with Gasteiger partial charge in [-0.05, 0) is 23.5 Å². The summed E-state index contributed by atoms with van der Waals surface area (Å²) in [6, 6.07) is 3.46. The Bertz CT molecular complexity index is 701. The molecule has 0 saturated carbocycles. The molecule has 2 aliphatic rings. The number of amides is 3. The van der Waals surface area contributed by atoms with E-state index >= 15 is 0 Å². The Balaban J connectivity index is 1.87. The van der Waals surface area contributed by atoms with Gasteiger partial charge in [-0.1, -0.05) is 12.1 Å². The maximum atomic E-state index is 12.8. The molecule has 0 aromatic heterocycles. The molecule has 10 heteroatoms. The van der Waals surface area contributed by atoms with E-state index in [1.807, 2.05) is 0 Å². The zero-order valence-electron chi connectivity index (χ0n) is 11.8. The lowest BCUT2D eigenvalue weighted by Gasteiger charge is -2.32. The predicted molar refractivity (Wildman–Crippen MR) is 79.7 cm³/mol. The van der Waals surface area contributed by atoms with Crippen molar-refractivity contribution < 1.29 is 28.3 Å². The first-order chi connectivity index (χ1) is 10.9. The van der Waals surface area contributed by atoms with Gasteiger partial charge in [0.05, 0.1) is 0 Å². The fourth-order valence-electron chi connectivity index (χ4n) is 2.88. The van der Waals surface area contributed by atoms with Gasteiger partial charge in [0.25, 0.3) is 11.8 Å². The average Bonchev–Trinajstić information content (AvgIpc) is 2.84. The van der Waals surface area contributed by atoms with Crippen LogP contribution in [0, 0.1) is 0 Å². The minimum atomic E-state index is -1.66. The maximum Gasteiger partial charge on any atom is 0.488 e. The van der Waals surface area contributed by atoms with Crippen LogP contribution >= 0.6 is 12.3 Å². The first-order valence-corrected chi connectivity index (χ1v) is 7.57. The summed E-state index contributed by atoms with van der Waals surface area (Å²) in [5.74, 6) is -1.76. The van der Waals surface area contributed by atoms with E-state index in [0.717, 1.165) is 0 Å². The molecule has 2 heterocycles. The van der Waals surface area contributed by atoms with Gasteiger partial charge < -0.3 is 14.9 Å². The molecule has 1 atom stereocenters. The van der Waals surface area contributed by atoms with Crippen molar-refractivity contribution in [2.24, 2.45) is 0 Å². The highest BCUT2D eigenvalue weighted by atomic mass is 32.2. The van der Waals surface area contributed by atoms with Crippen molar-refractivity contribution >= 4 is 42.6 Å². The Morgan fingerprint density at radius 2 is 2.00 bits per heavy atom. The number of piperidine rings is 1. The van der Waals surface area contributed by atoms with Crippen LogP contribution in [-0.2, 0) is 16.1 Å². The van der Waals surface area contributed by atoms with Crippen LogP contribution in [0.2, 0.25) is 0 Å². The maximum absolute atomic E-state index is 12.8. The summed E-state index contributed by atoms with van der Waals surface area (Å²) in [7, 11) is -1.66. The lowest BCUT2D eigenvalue weighted by molar-refractivity contribution is -0.145. The summed E-state index contributed by atoms with van der Waals surface area (Å²) in [6.07, 6.45) is 0.123. The van der Waals surface area contributed by atoms with Crippen molar-refractivity contribution in [1.82, 2.24) is 9.21 Å². The average molecular weight is 338 g/mol. The number of carbonyl (C=O) groups is 3. The molecule has 3 amide bonds. The Morgan fingerprint density at radius 1 is 1.26 bits per heavy atom. The molecule has 1 saturated heterocycles. The van der Waals surface area contributed by atoms with E-state index < -0.39 is 43.2 Å². The minimum absolute atomic E-state index is 0.0198. The summed E-state index contributed by atoms with van der Waals surface area (Å²) in [6.45, 7) is 0.101. The fraction of sp³-hybridized carbons (Fsp3) is 0.308. The van der Waals surface area contributed by atoms with Gasteiger partial charge in [-0.2, -0.15) is 4.31 Å². The Kier molecular flexibility index (Phi) is 4.13. The first-order valence-electron chi connectivity index (χ1n) is 6.89. The molecule has 2 aliphatic heterocycles. The van der Waals surface area contributed by atoms with Crippen LogP contribution in [0.4, 0.5) is 3.89 Å². The Labute approximate surface area is 135 Å². The van der Waals surface area contributed by atoms with Gasteiger partial charge in [0, 0.05) is 18.5 Å². The second-order valence-corrected chi connectivity index (χ2v) is 5.88. The lowest BCUT2D eigenvalue weighted by Crippen LogP contribution is -2.51. The number of nitrogens with zero attached hydrogens (tertiary/aromatic N) is 2. The summed E-state index contributed by atoms with van der Waals surface area (Å²) in [5.41, 5.74) is 1.16. The van der Waals surface area contributed by atoms with E-state index in [0.29, 0.717) is 15.4 Å². The predicted octanol–water partition coefficient (Wildman–Crippen LogP) is -0.627. The van der Waals surface area contributed by atoms with Crippen molar-refractivity contribution in [2.75, 3.05) is 0 Å². The van der Waals surface area contributed by atoms with E-state index in [4.69, 9.17) is 0 Å². The summed E-state index contributed by atoms with van der Waals surface area (Å²) in [4.78, 5) is 37.4. The second kappa shape index (κ2) is 5.95. The van der Waals surface area contributed by atoms with Crippen molar-refractivity contribution in [3.63, 3.8) is 0 Å². The van der Waals surface area contributed by atoms with E-state index in [-0.39, 0.29) is 24.8 Å². The van der Waals surface area contributed by atoms with Gasteiger partial charge in [0.15, 0.2) is 12.3 Å². The third-order valence-corrected chi connectivity index (χ3v) is 4.57. The molecule has 0 bridgehead atoms. The number of fused-ring (bicyclic) bond motifs is 1. The van der Waals surface area contributed by atoms with Gasteiger partial charge in [-0.25, -0.2) is 0 Å². The fourth-order valence-corrected chi connectivity index (χ4v) is 3.24. The topological polar surface area (TPSA) is 98.1 Å². The number of rotatable bonds is 3. The molecular weight excluding hydrogens is 326 g/mol. The van der Waals surface area contributed by atoms with E-state index in [1.54, 1.807) is 0 Å². The van der Waals surface area contributed by atoms with Crippen LogP contribution in [0.15, 0.2) is 18.2 Å². The number of halogens is 1. The van der Waals surface area contributed by atoms with Crippen LogP contribution in [0.3, 0.4) is 0 Å². The zero-order chi connectivity index (χ0) is 16.7. The third kappa shape index (κ3) is 2.62. The van der Waals surface area contributed by atoms with Crippen molar-refractivity contribution in [1.29, 1.82) is 0 Å². The zero-order valence-corrected chi connectivity index (χ0v) is 12.6. The Morgan fingerprint density at radius 3 is 2.65 bits per heavy atom. The number of hydrogen-bond acceptors (Lipinski definition) is 6. The van der Waals surface area contributed by atoms with Crippen LogP contribution in [0.25, 0.3) is 0 Å². The lowest BCUT2D eigenvalue weighted by atomic mass is 9.79. The van der Waals surface area contributed by atoms with E-state index in [1.165, 1.54) is 23.1 Å². The summed E-state index contributed by atoms with van der Waals surface area (Å²) >= 11 is -0.454. The molecular formula is C13H12BFN2O5S. The van der Waals surface area contributed by atoms with Crippen molar-refractivity contribution in [3.8, 4) is 0 Å². The molecule has 1 unspecified atom stereocenters. The molecule has 23 heavy (non-hydrogen) atoms. The third-order valence-electron chi connectivity index (χ3n) is 4.05. The highest BCUT2D eigenvalue weighted by Crippen LogP contribution is 2.30. The largest absolute Gasteiger partial charge is 0.488 e. The molecule has 0 spiro atoms. The molecule has 1 aromatic carbocycles. The number of benzene rings is 1. The molecule has 0 aliphatic carbocycles. The molecule has 7 nitrogen and oxygen atoms in total. The highest BCUT2D eigenvalue weighted by Gasteiger charge is 2.43. The highest BCUT2D eigenvalue weighted by molar-refractivity contribution is 7.93. The van der Waals surface area contributed by atoms with Crippen LogP contribution in [0.1, 0.15) is 28.8 Å². The molecule has 1 fully saturated rings. The smallest absolute Gasteiger partial charge is 0.423 e. The van der Waals surface area contributed by atoms with Gasteiger partial charge in [-0.3, -0.25) is 14.4 Å². The first kappa shape index (κ1) is 16.0. The van der Waals surface area contributed by atoms with E-state index in [9.17, 15) is 28.3 Å². The standard InChI is InChI=1S/C13H12BFN2O5S/c15-23-17-11(18)4-3-10(13(17)20)16-6-7-5-8(14(21)22)1-2-9(7)12(16)19/h1-2,5,10,21-22H,3-4,6H2. The monoisotopic (exact) mass is 338 g/mol. The molecule has 2 N–H and O–H groups in total. The Hall–Kier alpha value is -1.91. The number of carbonyl (C=O) groups excluding carboxylic acids is 3. The van der Waals surface area contributed by atoms with Crippen molar-refractivity contribution in [2.45, 2.75) is 25.4 Å². The summed E-state index contributed by atoms with van der Waals surface area (Å²) < 4.78 is 13.2. The number of imide groups is 1. The van der Waals surface area contributed by atoms with Crippen LogP contribution in [0.5, 0.6) is 0 Å². The van der Waals surface area contributed by atoms with E-state index in [2.05, 4.69) is 0 Å². The van der Waals surface area contributed by atoms with Gasteiger partial charge in [0.2, 0.25) is 5.91 Å². The SMILES string of the molecule is O=C1CCC(N2Cc3cc(B(O)O)ccc3C2=O)C(=O)N1SF. The van der Waals surface area contributed by atoms with Gasteiger partial charge in [0.1, 0.15) is 6.04 Å². The van der Waals surface area contributed by atoms with Crippen LogP contribution in [-0.4, -0.2) is 50.1 Å². The van der Waals surface area contributed by atoms with Crippen molar-refractivity contribution in [3.05, 3.63) is 29.3 Å². The normalized spacial score (nSPS) is 21.0. The van der Waals surface area contributed by atoms with Gasteiger partial charge in [-0.15, -0.1) is 3.89 Å². The quantitative estimate of drug-likeness (QED) is 0.433.